The van der Waals surface area contributed by atoms with E-state index in [0.717, 1.165) is 49.5 Å². The van der Waals surface area contributed by atoms with Crippen molar-refractivity contribution in [2.45, 2.75) is 38.5 Å². The topological polar surface area (TPSA) is 60.1 Å². The number of hydrogen-bond donors (Lipinski definition) is 1. The van der Waals surface area contributed by atoms with Gasteiger partial charge in [0.15, 0.2) is 5.96 Å². The van der Waals surface area contributed by atoms with Gasteiger partial charge in [0.2, 0.25) is 0 Å². The fourth-order valence-corrected chi connectivity index (χ4v) is 2.94. The van der Waals surface area contributed by atoms with E-state index in [-0.39, 0.29) is 24.0 Å². The summed E-state index contributed by atoms with van der Waals surface area (Å²) in [6, 6.07) is 5.89. The maximum Gasteiger partial charge on any atom is 0.191 e. The minimum absolute atomic E-state index is 0. The van der Waals surface area contributed by atoms with Gasteiger partial charge >= 0.3 is 0 Å². The minimum atomic E-state index is 0. The van der Waals surface area contributed by atoms with Crippen molar-refractivity contribution in [2.75, 3.05) is 33.9 Å². The second-order valence-electron chi connectivity index (χ2n) is 5.92. The zero-order valence-corrected chi connectivity index (χ0v) is 17.1. The number of aliphatic imine (C=N–C) groups is 1. The van der Waals surface area contributed by atoms with Gasteiger partial charge in [-0.1, -0.05) is 12.8 Å². The van der Waals surface area contributed by atoms with E-state index in [1.807, 2.05) is 18.2 Å². The maximum absolute atomic E-state index is 6.13. The van der Waals surface area contributed by atoms with Crippen LogP contribution in [0, 0.1) is 0 Å². The number of likely N-dealkylation sites (tertiary alicyclic amines) is 1. The van der Waals surface area contributed by atoms with Gasteiger partial charge in [-0.25, -0.2) is 0 Å². The van der Waals surface area contributed by atoms with Gasteiger partial charge in [-0.05, 0) is 49.4 Å². The molecule has 1 aromatic carbocycles. The Morgan fingerprint density at radius 1 is 1.12 bits per heavy atom. The van der Waals surface area contributed by atoms with E-state index in [4.69, 9.17) is 15.2 Å². The summed E-state index contributed by atoms with van der Waals surface area (Å²) in [5, 5.41) is 0. The van der Waals surface area contributed by atoms with Crippen LogP contribution in [0.4, 0.5) is 0 Å². The average molecular weight is 447 g/mol. The Morgan fingerprint density at radius 2 is 1.83 bits per heavy atom. The van der Waals surface area contributed by atoms with Gasteiger partial charge in [-0.3, -0.25) is 4.99 Å². The highest BCUT2D eigenvalue weighted by Gasteiger charge is 2.10. The number of hydrogen-bond acceptors (Lipinski definition) is 3. The molecular weight excluding hydrogens is 417 g/mol. The summed E-state index contributed by atoms with van der Waals surface area (Å²) in [6.45, 7) is 2.82. The molecule has 0 unspecified atom stereocenters. The second-order valence-corrected chi connectivity index (χ2v) is 5.92. The predicted molar refractivity (Wildman–Crippen MR) is 110 cm³/mol. The Balaban J connectivity index is 0.00000288. The van der Waals surface area contributed by atoms with Gasteiger partial charge in [-0.15, -0.1) is 24.0 Å². The van der Waals surface area contributed by atoms with Crippen molar-refractivity contribution in [3.05, 3.63) is 23.8 Å². The molecule has 0 radical (unpaired) electrons. The van der Waals surface area contributed by atoms with E-state index in [1.165, 1.54) is 25.7 Å². The number of nitrogens with two attached hydrogens (primary N) is 1. The number of rotatable bonds is 6. The molecule has 0 bridgehead atoms. The van der Waals surface area contributed by atoms with Crippen LogP contribution in [0.2, 0.25) is 0 Å². The SMILES string of the molecule is COc1ccc(OC)c(CCCN=C(N)N2CCCCCC2)c1.I. The van der Waals surface area contributed by atoms with Gasteiger partial charge < -0.3 is 20.1 Å². The first kappa shape index (κ1) is 20.9. The molecule has 2 N–H and O–H groups in total. The molecule has 1 aromatic rings. The third-order valence-corrected chi connectivity index (χ3v) is 4.30. The Morgan fingerprint density at radius 3 is 2.46 bits per heavy atom. The highest BCUT2D eigenvalue weighted by atomic mass is 127. The highest BCUT2D eigenvalue weighted by Crippen LogP contribution is 2.25. The third kappa shape index (κ3) is 6.37. The molecule has 1 heterocycles. The molecule has 6 heteroatoms. The average Bonchev–Trinajstić information content (AvgIpc) is 2.87. The van der Waals surface area contributed by atoms with E-state index in [2.05, 4.69) is 9.89 Å². The predicted octanol–water partition coefficient (Wildman–Crippen LogP) is 3.45. The van der Waals surface area contributed by atoms with E-state index in [9.17, 15) is 0 Å². The van der Waals surface area contributed by atoms with Crippen LogP contribution >= 0.6 is 24.0 Å². The van der Waals surface area contributed by atoms with Gasteiger partial charge in [0.25, 0.3) is 0 Å². The molecule has 1 fully saturated rings. The standard InChI is InChI=1S/C18H29N3O2.HI/c1-22-16-9-10-17(23-2)15(14-16)8-7-11-20-18(19)21-12-5-3-4-6-13-21;/h9-10,14H,3-8,11-13H2,1-2H3,(H2,19,20);1H. The Hall–Kier alpha value is -1.18. The number of guanidine groups is 1. The molecule has 136 valence electrons. The van der Waals surface area contributed by atoms with Crippen molar-refractivity contribution in [1.82, 2.24) is 4.90 Å². The van der Waals surface area contributed by atoms with Crippen LogP contribution in [0.15, 0.2) is 23.2 Å². The number of nitrogens with zero attached hydrogens (tertiary/aromatic N) is 2. The lowest BCUT2D eigenvalue weighted by Gasteiger charge is -2.21. The van der Waals surface area contributed by atoms with Crippen molar-refractivity contribution in [3.63, 3.8) is 0 Å². The fraction of sp³-hybridized carbons (Fsp3) is 0.611. The highest BCUT2D eigenvalue weighted by molar-refractivity contribution is 14.0. The number of benzene rings is 1. The molecule has 5 nitrogen and oxygen atoms in total. The van der Waals surface area contributed by atoms with Gasteiger partial charge in [0, 0.05) is 19.6 Å². The first-order valence-corrected chi connectivity index (χ1v) is 8.50. The number of halogens is 1. The minimum Gasteiger partial charge on any atom is -0.497 e. The summed E-state index contributed by atoms with van der Waals surface area (Å²) in [6.07, 6.45) is 6.89. The van der Waals surface area contributed by atoms with Crippen LogP contribution in [-0.4, -0.2) is 44.7 Å². The zero-order valence-electron chi connectivity index (χ0n) is 14.8. The summed E-state index contributed by atoms with van der Waals surface area (Å²) < 4.78 is 10.7. The molecule has 1 aliphatic heterocycles. The lowest BCUT2D eigenvalue weighted by Crippen LogP contribution is -2.38. The summed E-state index contributed by atoms with van der Waals surface area (Å²) in [5.74, 6) is 2.45. The third-order valence-electron chi connectivity index (χ3n) is 4.30. The lowest BCUT2D eigenvalue weighted by atomic mass is 10.1. The molecule has 0 amide bonds. The zero-order chi connectivity index (χ0) is 16.5. The summed E-state index contributed by atoms with van der Waals surface area (Å²) in [5.41, 5.74) is 7.28. The van der Waals surface area contributed by atoms with Crippen molar-refractivity contribution in [3.8, 4) is 11.5 Å². The molecule has 2 rings (SSSR count). The van der Waals surface area contributed by atoms with E-state index in [0.29, 0.717) is 5.96 Å². The second kappa shape index (κ2) is 11.4. The van der Waals surface area contributed by atoms with Crippen molar-refractivity contribution >= 4 is 29.9 Å². The van der Waals surface area contributed by atoms with Crippen LogP contribution in [0.1, 0.15) is 37.7 Å². The number of methoxy groups -OCH3 is 2. The lowest BCUT2D eigenvalue weighted by molar-refractivity contribution is 0.398. The molecule has 0 atom stereocenters. The molecule has 0 aromatic heterocycles. The Labute approximate surface area is 162 Å². The maximum atomic E-state index is 6.13. The summed E-state index contributed by atoms with van der Waals surface area (Å²) >= 11 is 0. The molecule has 24 heavy (non-hydrogen) atoms. The molecule has 1 saturated heterocycles. The van der Waals surface area contributed by atoms with Crippen LogP contribution in [0.3, 0.4) is 0 Å². The fourth-order valence-electron chi connectivity index (χ4n) is 2.94. The van der Waals surface area contributed by atoms with Gasteiger partial charge in [0.05, 0.1) is 14.2 Å². The smallest absolute Gasteiger partial charge is 0.191 e. The first-order chi connectivity index (χ1) is 11.2. The van der Waals surface area contributed by atoms with Crippen LogP contribution < -0.4 is 15.2 Å². The van der Waals surface area contributed by atoms with Crippen LogP contribution in [0.5, 0.6) is 11.5 Å². The largest absolute Gasteiger partial charge is 0.497 e. The summed E-state index contributed by atoms with van der Waals surface area (Å²) in [4.78, 5) is 6.77. The molecular formula is C18H30IN3O2. The van der Waals surface area contributed by atoms with Crippen molar-refractivity contribution in [2.24, 2.45) is 10.7 Å². The summed E-state index contributed by atoms with van der Waals surface area (Å²) in [7, 11) is 3.37. The number of aryl methyl sites for hydroxylation is 1. The first-order valence-electron chi connectivity index (χ1n) is 8.50. The normalized spacial score (nSPS) is 15.4. The van der Waals surface area contributed by atoms with Crippen molar-refractivity contribution < 1.29 is 9.47 Å². The molecule has 1 aliphatic rings. The monoisotopic (exact) mass is 447 g/mol. The molecule has 0 aliphatic carbocycles. The van der Waals surface area contributed by atoms with E-state index >= 15 is 0 Å². The quantitative estimate of drug-likeness (QED) is 0.314. The van der Waals surface area contributed by atoms with E-state index < -0.39 is 0 Å². The molecule has 0 spiro atoms. The van der Waals surface area contributed by atoms with Crippen LogP contribution in [-0.2, 0) is 6.42 Å². The van der Waals surface area contributed by atoms with Crippen LogP contribution in [0.25, 0.3) is 0 Å². The van der Waals surface area contributed by atoms with Crippen molar-refractivity contribution in [1.29, 1.82) is 0 Å². The Kier molecular flexibility index (Phi) is 9.90. The van der Waals surface area contributed by atoms with E-state index in [1.54, 1.807) is 14.2 Å². The van der Waals surface area contributed by atoms with Gasteiger partial charge in [0.1, 0.15) is 11.5 Å². The number of ether oxygens (including phenoxy) is 2. The molecule has 0 saturated carbocycles. The van der Waals surface area contributed by atoms with Gasteiger partial charge in [-0.2, -0.15) is 0 Å². The Bertz CT molecular complexity index is 515.